The Kier molecular flexibility index (Phi) is 4.71. The molecule has 1 fully saturated rings. The molecule has 0 amide bonds. The minimum Gasteiger partial charge on any atom is -0.270 e. The third-order valence-electron chi connectivity index (χ3n) is 4.20. The van der Waals surface area contributed by atoms with Crippen LogP contribution in [0.2, 0.25) is 0 Å². The van der Waals surface area contributed by atoms with Crippen LogP contribution >= 0.6 is 11.6 Å². The van der Waals surface area contributed by atoms with Crippen molar-refractivity contribution in [1.82, 2.24) is 9.78 Å². The largest absolute Gasteiger partial charge is 0.270 e. The summed E-state index contributed by atoms with van der Waals surface area (Å²) in [5.41, 5.74) is 2.58. The number of hydrogen-bond donors (Lipinski definition) is 0. The predicted molar refractivity (Wildman–Crippen MR) is 77.1 cm³/mol. The zero-order valence-electron chi connectivity index (χ0n) is 11.8. The predicted octanol–water partition coefficient (Wildman–Crippen LogP) is 4.05. The average Bonchev–Trinajstić information content (AvgIpc) is 2.76. The molecule has 1 saturated carbocycles. The second kappa shape index (κ2) is 6.10. The normalized spacial score (nSPS) is 28.6. The van der Waals surface area contributed by atoms with E-state index in [9.17, 15) is 0 Å². The van der Waals surface area contributed by atoms with Crippen LogP contribution in [0.5, 0.6) is 0 Å². The van der Waals surface area contributed by atoms with Crippen molar-refractivity contribution in [3.05, 3.63) is 17.5 Å². The summed E-state index contributed by atoms with van der Waals surface area (Å²) in [4.78, 5) is 0. The molecule has 0 aliphatic heterocycles. The average molecular weight is 269 g/mol. The van der Waals surface area contributed by atoms with Crippen LogP contribution in [-0.4, -0.2) is 15.2 Å². The smallest absolute Gasteiger partial charge is 0.0624 e. The van der Waals surface area contributed by atoms with Crippen molar-refractivity contribution in [3.8, 4) is 0 Å². The lowest BCUT2D eigenvalue weighted by molar-refractivity contribution is 0.283. The Morgan fingerprint density at radius 1 is 1.39 bits per heavy atom. The van der Waals surface area contributed by atoms with Gasteiger partial charge in [-0.05, 0) is 56.9 Å². The lowest BCUT2D eigenvalue weighted by atomic mass is 9.80. The lowest BCUT2D eigenvalue weighted by Crippen LogP contribution is -2.26. The minimum atomic E-state index is 0.353. The van der Waals surface area contributed by atoms with Crippen molar-refractivity contribution in [1.29, 1.82) is 0 Å². The van der Waals surface area contributed by atoms with E-state index in [1.807, 2.05) is 0 Å². The van der Waals surface area contributed by atoms with E-state index in [1.165, 1.54) is 30.7 Å². The number of hydrogen-bond acceptors (Lipinski definition) is 1. The molecule has 3 atom stereocenters. The second-order valence-electron chi connectivity index (χ2n) is 5.69. The highest BCUT2D eigenvalue weighted by atomic mass is 35.5. The molecule has 2 nitrogen and oxygen atoms in total. The van der Waals surface area contributed by atoms with Gasteiger partial charge in [0.15, 0.2) is 0 Å². The summed E-state index contributed by atoms with van der Waals surface area (Å²) >= 11 is 6.50. The molecular formula is C15H25ClN2. The quantitative estimate of drug-likeness (QED) is 0.754. The molecule has 1 aliphatic carbocycles. The van der Waals surface area contributed by atoms with Gasteiger partial charge in [-0.3, -0.25) is 4.68 Å². The van der Waals surface area contributed by atoms with E-state index < -0.39 is 0 Å². The third-order valence-corrected chi connectivity index (χ3v) is 4.77. The Hall–Kier alpha value is -0.500. The van der Waals surface area contributed by atoms with Gasteiger partial charge < -0.3 is 0 Å². The molecule has 0 N–H and O–H groups in total. The van der Waals surface area contributed by atoms with Gasteiger partial charge >= 0.3 is 0 Å². The first-order chi connectivity index (χ1) is 8.63. The van der Waals surface area contributed by atoms with Crippen LogP contribution in [0.3, 0.4) is 0 Å². The molecule has 0 saturated heterocycles. The van der Waals surface area contributed by atoms with Gasteiger partial charge in [-0.1, -0.05) is 13.8 Å². The van der Waals surface area contributed by atoms with Crippen LogP contribution in [0, 0.1) is 11.8 Å². The van der Waals surface area contributed by atoms with Crippen molar-refractivity contribution in [2.45, 2.75) is 64.8 Å². The number of nitrogens with zero attached hydrogens (tertiary/aromatic N) is 2. The molecule has 102 valence electrons. The fourth-order valence-electron chi connectivity index (χ4n) is 3.07. The van der Waals surface area contributed by atoms with Crippen LogP contribution in [0.1, 0.15) is 51.4 Å². The van der Waals surface area contributed by atoms with Crippen molar-refractivity contribution in [2.75, 3.05) is 0 Å². The van der Waals surface area contributed by atoms with Gasteiger partial charge in [0, 0.05) is 17.6 Å². The summed E-state index contributed by atoms with van der Waals surface area (Å²) in [7, 11) is 0. The highest BCUT2D eigenvalue weighted by Gasteiger charge is 2.28. The van der Waals surface area contributed by atoms with E-state index in [1.54, 1.807) is 0 Å². The van der Waals surface area contributed by atoms with Gasteiger partial charge in [-0.2, -0.15) is 5.10 Å². The van der Waals surface area contributed by atoms with Crippen LogP contribution in [-0.2, 0) is 19.4 Å². The van der Waals surface area contributed by atoms with E-state index >= 15 is 0 Å². The maximum Gasteiger partial charge on any atom is 0.0624 e. The maximum absolute atomic E-state index is 6.50. The zero-order valence-corrected chi connectivity index (χ0v) is 12.6. The molecule has 0 aromatic carbocycles. The van der Waals surface area contributed by atoms with E-state index in [4.69, 9.17) is 11.6 Å². The topological polar surface area (TPSA) is 17.8 Å². The lowest BCUT2D eigenvalue weighted by Gasteiger charge is -2.31. The Bertz CT molecular complexity index is 386. The SMILES string of the molecule is CCc1cc(CC2CC(C)CCC2Cl)n(CC)n1. The zero-order chi connectivity index (χ0) is 13.1. The standard InChI is InChI=1S/C15H25ClN2/c1-4-13-10-14(18(5-2)17-13)9-12-8-11(3)6-7-15(12)16/h10-12,15H,4-9H2,1-3H3. The Labute approximate surface area is 116 Å². The number of aromatic nitrogens is 2. The van der Waals surface area contributed by atoms with E-state index in [0.29, 0.717) is 11.3 Å². The molecule has 0 bridgehead atoms. The number of rotatable bonds is 4. The highest BCUT2D eigenvalue weighted by Crippen LogP contribution is 2.34. The Balaban J connectivity index is 2.09. The Morgan fingerprint density at radius 2 is 2.17 bits per heavy atom. The van der Waals surface area contributed by atoms with Crippen LogP contribution in [0.25, 0.3) is 0 Å². The summed E-state index contributed by atoms with van der Waals surface area (Å²) in [6, 6.07) is 2.27. The molecule has 1 aromatic rings. The molecule has 0 spiro atoms. The summed E-state index contributed by atoms with van der Waals surface area (Å²) in [5.74, 6) is 1.45. The molecule has 18 heavy (non-hydrogen) atoms. The summed E-state index contributed by atoms with van der Waals surface area (Å²) in [5, 5.41) is 4.98. The maximum atomic E-state index is 6.50. The molecule has 1 heterocycles. The van der Waals surface area contributed by atoms with Gasteiger partial charge in [-0.25, -0.2) is 0 Å². The Morgan fingerprint density at radius 3 is 2.83 bits per heavy atom. The first-order valence-electron chi connectivity index (χ1n) is 7.33. The van der Waals surface area contributed by atoms with Crippen LogP contribution in [0.4, 0.5) is 0 Å². The van der Waals surface area contributed by atoms with Gasteiger partial charge in [0.25, 0.3) is 0 Å². The molecule has 0 radical (unpaired) electrons. The molecule has 1 aliphatic rings. The van der Waals surface area contributed by atoms with Crippen molar-refractivity contribution in [3.63, 3.8) is 0 Å². The number of aryl methyl sites for hydroxylation is 2. The first kappa shape index (κ1) is 13.9. The summed E-state index contributed by atoms with van der Waals surface area (Å²) in [6.45, 7) is 7.64. The van der Waals surface area contributed by atoms with Crippen molar-refractivity contribution >= 4 is 11.6 Å². The van der Waals surface area contributed by atoms with Crippen molar-refractivity contribution in [2.24, 2.45) is 11.8 Å². The van der Waals surface area contributed by atoms with E-state index in [0.717, 1.165) is 25.3 Å². The molecule has 3 unspecified atom stereocenters. The molecule has 1 aromatic heterocycles. The van der Waals surface area contributed by atoms with Gasteiger partial charge in [0.05, 0.1) is 5.69 Å². The van der Waals surface area contributed by atoms with E-state index in [2.05, 4.69) is 36.6 Å². The highest BCUT2D eigenvalue weighted by molar-refractivity contribution is 6.20. The molecule has 2 rings (SSSR count). The van der Waals surface area contributed by atoms with E-state index in [-0.39, 0.29) is 0 Å². The fraction of sp³-hybridized carbons (Fsp3) is 0.800. The fourth-order valence-corrected chi connectivity index (χ4v) is 3.39. The monoisotopic (exact) mass is 268 g/mol. The third kappa shape index (κ3) is 3.09. The number of halogens is 1. The summed E-state index contributed by atoms with van der Waals surface area (Å²) < 4.78 is 2.15. The van der Waals surface area contributed by atoms with Gasteiger partial charge in [0.2, 0.25) is 0 Å². The molecule has 3 heteroatoms. The summed E-state index contributed by atoms with van der Waals surface area (Å²) in [6.07, 6.45) is 5.85. The molecular weight excluding hydrogens is 244 g/mol. The second-order valence-corrected chi connectivity index (χ2v) is 6.26. The van der Waals surface area contributed by atoms with Gasteiger partial charge in [-0.15, -0.1) is 11.6 Å². The van der Waals surface area contributed by atoms with Crippen LogP contribution in [0.15, 0.2) is 6.07 Å². The van der Waals surface area contributed by atoms with Crippen LogP contribution < -0.4 is 0 Å². The minimum absolute atomic E-state index is 0.353. The first-order valence-corrected chi connectivity index (χ1v) is 7.77. The van der Waals surface area contributed by atoms with Gasteiger partial charge in [0.1, 0.15) is 0 Å². The number of alkyl halides is 1. The van der Waals surface area contributed by atoms with Crippen molar-refractivity contribution < 1.29 is 0 Å².